The summed E-state index contributed by atoms with van der Waals surface area (Å²) in [6.45, 7) is 0. The second-order valence-electron chi connectivity index (χ2n) is 2.86. The molecule has 0 saturated heterocycles. The molecule has 82 valence electrons. The van der Waals surface area contributed by atoms with Gasteiger partial charge in [-0.1, -0.05) is 18.2 Å². The third kappa shape index (κ3) is 2.92. The number of amides is 2. The Kier molecular flexibility index (Phi) is 3.29. The topological polar surface area (TPSA) is 78.9 Å². The summed E-state index contributed by atoms with van der Waals surface area (Å²) in [5, 5.41) is 2.52. The highest BCUT2D eigenvalue weighted by Crippen LogP contribution is 2.03. The van der Waals surface area contributed by atoms with Gasteiger partial charge < -0.3 is 0 Å². The van der Waals surface area contributed by atoms with Gasteiger partial charge >= 0.3 is 6.03 Å². The minimum atomic E-state index is -0.392. The molecular weight excluding hydrogens is 226 g/mol. The normalized spacial score (nSPS) is 9.50. The van der Waals surface area contributed by atoms with Gasteiger partial charge in [0, 0.05) is 0 Å². The molecule has 3 N–H and O–H groups in total. The van der Waals surface area contributed by atoms with Crippen molar-refractivity contribution in [2.45, 2.75) is 0 Å². The summed E-state index contributed by atoms with van der Waals surface area (Å²) in [5.41, 5.74) is 6.02. The Bertz CT molecular complexity index is 444. The number of urea groups is 1. The predicted octanol–water partition coefficient (Wildman–Crippen LogP) is 1.69. The first kappa shape index (κ1) is 10.4. The van der Waals surface area contributed by atoms with Crippen LogP contribution in [-0.4, -0.2) is 14.8 Å². The molecule has 1 aromatic heterocycles. The van der Waals surface area contributed by atoms with Gasteiger partial charge in [0.25, 0.3) is 0 Å². The van der Waals surface area contributed by atoms with Gasteiger partial charge in [-0.15, -0.1) is 0 Å². The Morgan fingerprint density at radius 3 is 2.75 bits per heavy atom. The van der Waals surface area contributed by atoms with Gasteiger partial charge in [-0.05, 0) is 12.1 Å². The molecule has 0 aliphatic carbocycles. The molecule has 0 bridgehead atoms. The number of carbonyl (C=O) groups is 1. The van der Waals surface area contributed by atoms with E-state index in [2.05, 4.69) is 24.9 Å². The van der Waals surface area contributed by atoms with E-state index in [-0.39, 0.29) is 0 Å². The monoisotopic (exact) mass is 235 g/mol. The molecule has 2 rings (SSSR count). The molecular formula is C9H9N5OS. The molecule has 1 aromatic carbocycles. The summed E-state index contributed by atoms with van der Waals surface area (Å²) >= 11 is 1.03. The SMILES string of the molecule is O=C(NNc1ccccc1)Nc1cnsn1. The number of aromatic nitrogens is 2. The van der Waals surface area contributed by atoms with Crippen molar-refractivity contribution in [1.29, 1.82) is 0 Å². The maximum atomic E-state index is 11.3. The highest BCUT2D eigenvalue weighted by molar-refractivity contribution is 6.99. The average molecular weight is 235 g/mol. The molecule has 7 heteroatoms. The second-order valence-corrected chi connectivity index (χ2v) is 3.42. The molecule has 0 radical (unpaired) electrons. The zero-order valence-electron chi connectivity index (χ0n) is 8.18. The number of carbonyl (C=O) groups excluding carboxylic acids is 1. The Morgan fingerprint density at radius 2 is 2.06 bits per heavy atom. The summed E-state index contributed by atoms with van der Waals surface area (Å²) in [7, 11) is 0. The zero-order valence-corrected chi connectivity index (χ0v) is 8.99. The summed E-state index contributed by atoms with van der Waals surface area (Å²) in [4.78, 5) is 11.3. The first-order valence-corrected chi connectivity index (χ1v) is 5.23. The van der Waals surface area contributed by atoms with Crippen LogP contribution in [0.1, 0.15) is 0 Å². The van der Waals surface area contributed by atoms with Gasteiger partial charge in [0.2, 0.25) is 0 Å². The average Bonchev–Trinajstić information content (AvgIpc) is 2.81. The summed E-state index contributed by atoms with van der Waals surface area (Å²) < 4.78 is 7.60. The van der Waals surface area contributed by atoms with Crippen LogP contribution < -0.4 is 16.2 Å². The third-order valence-corrected chi connectivity index (χ3v) is 2.18. The van der Waals surface area contributed by atoms with Crippen LogP contribution in [0.3, 0.4) is 0 Å². The van der Waals surface area contributed by atoms with E-state index in [4.69, 9.17) is 0 Å². The maximum Gasteiger partial charge on any atom is 0.339 e. The second kappa shape index (κ2) is 5.08. The fourth-order valence-corrected chi connectivity index (χ4v) is 1.39. The molecule has 1 heterocycles. The molecule has 2 aromatic rings. The number of hydrazine groups is 1. The lowest BCUT2D eigenvalue weighted by Crippen LogP contribution is -2.33. The van der Waals surface area contributed by atoms with Gasteiger partial charge in [0.05, 0.1) is 23.6 Å². The van der Waals surface area contributed by atoms with Crippen molar-refractivity contribution in [1.82, 2.24) is 14.2 Å². The van der Waals surface area contributed by atoms with Crippen molar-refractivity contribution in [2.75, 3.05) is 10.7 Å². The van der Waals surface area contributed by atoms with Crippen LogP contribution >= 0.6 is 11.7 Å². The minimum absolute atomic E-state index is 0.392. The lowest BCUT2D eigenvalue weighted by atomic mass is 10.3. The standard InChI is InChI=1S/C9H9N5OS/c15-9(11-8-6-10-16-14-8)13-12-7-4-2-1-3-5-7/h1-6,12H,(H2,11,13,14,15). The largest absolute Gasteiger partial charge is 0.339 e. The van der Waals surface area contributed by atoms with Crippen molar-refractivity contribution in [3.05, 3.63) is 36.5 Å². The van der Waals surface area contributed by atoms with Gasteiger partial charge in [0.1, 0.15) is 0 Å². The van der Waals surface area contributed by atoms with Crippen LogP contribution in [0.25, 0.3) is 0 Å². The molecule has 0 saturated carbocycles. The van der Waals surface area contributed by atoms with Crippen LogP contribution in [0.15, 0.2) is 36.5 Å². The van der Waals surface area contributed by atoms with E-state index >= 15 is 0 Å². The minimum Gasteiger partial charge on any atom is -0.297 e. The number of hydrogen-bond acceptors (Lipinski definition) is 5. The number of nitrogens with zero attached hydrogens (tertiary/aromatic N) is 2. The van der Waals surface area contributed by atoms with Crippen molar-refractivity contribution < 1.29 is 4.79 Å². The van der Waals surface area contributed by atoms with Gasteiger partial charge in [-0.25, -0.2) is 4.79 Å². The van der Waals surface area contributed by atoms with Crippen LogP contribution in [0.5, 0.6) is 0 Å². The van der Waals surface area contributed by atoms with Gasteiger partial charge in [-0.2, -0.15) is 8.75 Å². The Hall–Kier alpha value is -2.15. The van der Waals surface area contributed by atoms with Crippen molar-refractivity contribution in [3.8, 4) is 0 Å². The number of anilines is 2. The Morgan fingerprint density at radius 1 is 1.25 bits per heavy atom. The van der Waals surface area contributed by atoms with Crippen molar-refractivity contribution in [2.24, 2.45) is 0 Å². The summed E-state index contributed by atoms with van der Waals surface area (Å²) in [6.07, 6.45) is 1.48. The third-order valence-electron chi connectivity index (χ3n) is 1.70. The number of rotatable bonds is 3. The molecule has 6 nitrogen and oxygen atoms in total. The quantitative estimate of drug-likeness (QED) is 0.707. The highest BCUT2D eigenvalue weighted by Gasteiger charge is 2.02. The van der Waals surface area contributed by atoms with Crippen LogP contribution in [0.2, 0.25) is 0 Å². The molecule has 16 heavy (non-hydrogen) atoms. The molecule has 2 amide bonds. The van der Waals surface area contributed by atoms with Crippen LogP contribution in [0.4, 0.5) is 16.3 Å². The lowest BCUT2D eigenvalue weighted by molar-refractivity contribution is 0.254. The van der Waals surface area contributed by atoms with E-state index in [0.717, 1.165) is 17.4 Å². The fourth-order valence-electron chi connectivity index (χ4n) is 1.02. The van der Waals surface area contributed by atoms with E-state index in [1.54, 1.807) is 0 Å². The van der Waals surface area contributed by atoms with E-state index in [1.165, 1.54) is 6.20 Å². The van der Waals surface area contributed by atoms with Crippen molar-refractivity contribution >= 4 is 29.3 Å². The molecule has 0 aliphatic rings. The molecule has 0 unspecified atom stereocenters. The van der Waals surface area contributed by atoms with Crippen molar-refractivity contribution in [3.63, 3.8) is 0 Å². The number of para-hydroxylation sites is 1. The zero-order chi connectivity index (χ0) is 11.2. The van der Waals surface area contributed by atoms with Gasteiger partial charge in [-0.3, -0.25) is 16.2 Å². The fraction of sp³-hybridized carbons (Fsp3) is 0. The highest BCUT2D eigenvalue weighted by atomic mass is 32.1. The maximum absolute atomic E-state index is 11.3. The van der Waals surface area contributed by atoms with E-state index in [1.807, 2.05) is 30.3 Å². The van der Waals surface area contributed by atoms with Gasteiger partial charge in [0.15, 0.2) is 5.82 Å². The van der Waals surface area contributed by atoms with Crippen LogP contribution in [0, 0.1) is 0 Å². The molecule has 0 spiro atoms. The van der Waals surface area contributed by atoms with Crippen LogP contribution in [-0.2, 0) is 0 Å². The van der Waals surface area contributed by atoms with E-state index in [0.29, 0.717) is 5.82 Å². The number of nitrogens with one attached hydrogen (secondary N) is 3. The number of benzene rings is 1. The summed E-state index contributed by atoms with van der Waals surface area (Å²) in [6, 6.07) is 8.91. The smallest absolute Gasteiger partial charge is 0.297 e. The van der Waals surface area contributed by atoms with E-state index in [9.17, 15) is 4.79 Å². The first-order valence-electron chi connectivity index (χ1n) is 4.50. The molecule has 0 fully saturated rings. The lowest BCUT2D eigenvalue weighted by Gasteiger charge is -2.07. The predicted molar refractivity (Wildman–Crippen MR) is 62.1 cm³/mol. The molecule has 0 atom stereocenters. The molecule has 0 aliphatic heterocycles. The Balaban J connectivity index is 1.80. The Labute approximate surface area is 96.0 Å². The first-order chi connectivity index (χ1) is 7.84. The van der Waals surface area contributed by atoms with E-state index < -0.39 is 6.03 Å². The number of hydrogen-bond donors (Lipinski definition) is 3. The summed E-state index contributed by atoms with van der Waals surface area (Å²) in [5.74, 6) is 0.428.